The molecule has 1 unspecified atom stereocenters. The molecule has 0 saturated carbocycles. The Bertz CT molecular complexity index is 649. The lowest BCUT2D eigenvalue weighted by atomic mass is 10.0. The molecule has 106 valence electrons. The third-order valence-corrected chi connectivity index (χ3v) is 4.71. The minimum absolute atomic E-state index is 0.184. The van der Waals surface area contributed by atoms with Gasteiger partial charge in [-0.25, -0.2) is 8.78 Å². The third kappa shape index (κ3) is 3.15. The zero-order chi connectivity index (χ0) is 14.9. The lowest BCUT2D eigenvalue weighted by Crippen LogP contribution is -1.99. The van der Waals surface area contributed by atoms with Gasteiger partial charge in [0.15, 0.2) is 0 Å². The molecule has 0 heterocycles. The molecule has 0 aromatic heterocycles. The van der Waals surface area contributed by atoms with E-state index >= 15 is 0 Å². The van der Waals surface area contributed by atoms with E-state index in [1.807, 2.05) is 0 Å². The maximum Gasteiger partial charge on any atom is 0.142 e. The summed E-state index contributed by atoms with van der Waals surface area (Å²) in [6, 6.07) is 7.37. The van der Waals surface area contributed by atoms with Gasteiger partial charge < -0.3 is 4.74 Å². The van der Waals surface area contributed by atoms with Crippen molar-refractivity contribution in [3.05, 3.63) is 62.6 Å². The molecule has 0 aliphatic carbocycles. The Labute approximate surface area is 137 Å². The Morgan fingerprint density at radius 3 is 2.45 bits per heavy atom. The lowest BCUT2D eigenvalue weighted by Gasteiger charge is -2.14. The smallest absolute Gasteiger partial charge is 0.142 e. The standard InChI is InChI=1S/C14H9Br2ClF2O/c1-20-13-3-2-7(4-9(13)15)14(16)8-5-12(19)10(17)6-11(8)18/h2-6,14H,1H3. The van der Waals surface area contributed by atoms with Crippen LogP contribution in [0.15, 0.2) is 34.8 Å². The molecule has 0 fully saturated rings. The van der Waals surface area contributed by atoms with E-state index in [1.54, 1.807) is 25.3 Å². The summed E-state index contributed by atoms with van der Waals surface area (Å²) in [6.07, 6.45) is 0. The fraction of sp³-hybridized carbons (Fsp3) is 0.143. The Kier molecular flexibility index (Phi) is 5.04. The highest BCUT2D eigenvalue weighted by Gasteiger charge is 2.18. The van der Waals surface area contributed by atoms with Gasteiger partial charge in [0.2, 0.25) is 0 Å². The van der Waals surface area contributed by atoms with Crippen molar-refractivity contribution in [1.29, 1.82) is 0 Å². The van der Waals surface area contributed by atoms with Crippen LogP contribution in [0.2, 0.25) is 5.02 Å². The molecule has 0 spiro atoms. The minimum Gasteiger partial charge on any atom is -0.496 e. The van der Waals surface area contributed by atoms with Crippen molar-refractivity contribution < 1.29 is 13.5 Å². The van der Waals surface area contributed by atoms with E-state index in [9.17, 15) is 8.78 Å². The van der Waals surface area contributed by atoms with Crippen molar-refractivity contribution >= 4 is 43.5 Å². The third-order valence-electron chi connectivity index (χ3n) is 2.78. The van der Waals surface area contributed by atoms with E-state index in [0.29, 0.717) is 5.75 Å². The van der Waals surface area contributed by atoms with Crippen LogP contribution in [0, 0.1) is 11.6 Å². The van der Waals surface area contributed by atoms with Gasteiger partial charge in [0.1, 0.15) is 17.4 Å². The van der Waals surface area contributed by atoms with E-state index in [0.717, 1.165) is 22.2 Å². The molecular weight excluding hydrogens is 417 g/mol. The molecule has 6 heteroatoms. The predicted octanol–water partition coefficient (Wildman–Crippen LogP) is 5.87. The van der Waals surface area contributed by atoms with E-state index in [1.165, 1.54) is 0 Å². The molecule has 0 aliphatic rings. The zero-order valence-corrected chi connectivity index (χ0v) is 14.2. The number of benzene rings is 2. The van der Waals surface area contributed by atoms with E-state index in [2.05, 4.69) is 31.9 Å². The van der Waals surface area contributed by atoms with Crippen LogP contribution in [0.5, 0.6) is 5.75 Å². The Morgan fingerprint density at radius 1 is 1.15 bits per heavy atom. The van der Waals surface area contributed by atoms with Crippen LogP contribution < -0.4 is 4.74 Å². The second-order valence-electron chi connectivity index (χ2n) is 4.04. The van der Waals surface area contributed by atoms with Crippen molar-refractivity contribution in [3.63, 3.8) is 0 Å². The number of ether oxygens (including phenoxy) is 1. The second-order valence-corrected chi connectivity index (χ2v) is 6.22. The van der Waals surface area contributed by atoms with Crippen molar-refractivity contribution in [3.8, 4) is 5.75 Å². The predicted molar refractivity (Wildman–Crippen MR) is 82.8 cm³/mol. The highest BCUT2D eigenvalue weighted by atomic mass is 79.9. The number of hydrogen-bond donors (Lipinski definition) is 0. The van der Waals surface area contributed by atoms with Gasteiger partial charge >= 0.3 is 0 Å². The van der Waals surface area contributed by atoms with Gasteiger partial charge in [-0.3, -0.25) is 0 Å². The Balaban J connectivity index is 2.43. The van der Waals surface area contributed by atoms with Crippen LogP contribution >= 0.6 is 43.5 Å². The molecule has 0 amide bonds. The van der Waals surface area contributed by atoms with Crippen molar-refractivity contribution in [2.45, 2.75) is 4.83 Å². The van der Waals surface area contributed by atoms with Crippen LogP contribution in [0.3, 0.4) is 0 Å². The van der Waals surface area contributed by atoms with Gasteiger partial charge in [0.05, 0.1) is 21.4 Å². The maximum absolute atomic E-state index is 13.9. The quantitative estimate of drug-likeness (QED) is 0.440. The molecular formula is C14H9Br2ClF2O. The molecule has 0 saturated heterocycles. The molecule has 0 aliphatic heterocycles. The van der Waals surface area contributed by atoms with Crippen LogP contribution in [0.4, 0.5) is 8.78 Å². The average molecular weight is 426 g/mol. The maximum atomic E-state index is 13.9. The van der Waals surface area contributed by atoms with Crippen LogP contribution in [-0.4, -0.2) is 7.11 Å². The number of methoxy groups -OCH3 is 1. The summed E-state index contributed by atoms with van der Waals surface area (Å²) in [5, 5.41) is -0.234. The van der Waals surface area contributed by atoms with Crippen molar-refractivity contribution in [1.82, 2.24) is 0 Å². The first-order valence-corrected chi connectivity index (χ1v) is 7.64. The molecule has 2 rings (SSSR count). The topological polar surface area (TPSA) is 9.23 Å². The van der Waals surface area contributed by atoms with Crippen molar-refractivity contribution in [2.75, 3.05) is 7.11 Å². The van der Waals surface area contributed by atoms with E-state index < -0.39 is 16.5 Å². The summed E-state index contributed by atoms with van der Waals surface area (Å²) in [5.41, 5.74) is 0.947. The normalized spacial score (nSPS) is 12.3. The first kappa shape index (κ1) is 15.7. The van der Waals surface area contributed by atoms with E-state index in [4.69, 9.17) is 16.3 Å². The summed E-state index contributed by atoms with van der Waals surface area (Å²) >= 11 is 12.3. The molecule has 1 nitrogen and oxygen atoms in total. The van der Waals surface area contributed by atoms with E-state index in [-0.39, 0.29) is 10.6 Å². The zero-order valence-electron chi connectivity index (χ0n) is 10.3. The number of halogens is 5. The SMILES string of the molecule is COc1ccc(C(Br)c2cc(F)c(Cl)cc2F)cc1Br. The van der Waals surface area contributed by atoms with Crippen molar-refractivity contribution in [2.24, 2.45) is 0 Å². The fourth-order valence-corrected chi connectivity index (χ4v) is 3.10. The van der Waals surface area contributed by atoms with Crippen LogP contribution in [-0.2, 0) is 0 Å². The fourth-order valence-electron chi connectivity index (χ4n) is 1.75. The minimum atomic E-state index is -0.653. The Morgan fingerprint density at radius 2 is 1.85 bits per heavy atom. The Hall–Kier alpha value is -0.650. The summed E-state index contributed by atoms with van der Waals surface area (Å²) in [7, 11) is 1.56. The monoisotopic (exact) mass is 424 g/mol. The van der Waals surface area contributed by atoms with Gasteiger partial charge in [-0.15, -0.1) is 0 Å². The average Bonchev–Trinajstić information content (AvgIpc) is 2.42. The highest BCUT2D eigenvalue weighted by molar-refractivity contribution is 9.10. The van der Waals surface area contributed by atoms with Gasteiger partial charge in [-0.2, -0.15) is 0 Å². The summed E-state index contributed by atoms with van der Waals surface area (Å²) in [4.78, 5) is -0.489. The molecule has 2 aromatic rings. The summed E-state index contributed by atoms with van der Waals surface area (Å²) < 4.78 is 33.2. The first-order chi connectivity index (χ1) is 9.43. The first-order valence-electron chi connectivity index (χ1n) is 5.56. The van der Waals surface area contributed by atoms with Crippen LogP contribution in [0.1, 0.15) is 16.0 Å². The molecule has 0 bridgehead atoms. The van der Waals surface area contributed by atoms with Gasteiger partial charge in [-0.05, 0) is 45.8 Å². The molecule has 20 heavy (non-hydrogen) atoms. The van der Waals surface area contributed by atoms with Gasteiger partial charge in [0, 0.05) is 5.56 Å². The van der Waals surface area contributed by atoms with Gasteiger partial charge in [0.25, 0.3) is 0 Å². The summed E-state index contributed by atoms with van der Waals surface area (Å²) in [5.74, 6) is -0.554. The second kappa shape index (κ2) is 6.41. The van der Waals surface area contributed by atoms with Gasteiger partial charge in [-0.1, -0.05) is 33.6 Å². The summed E-state index contributed by atoms with van der Waals surface area (Å²) in [6.45, 7) is 0. The number of hydrogen-bond acceptors (Lipinski definition) is 1. The lowest BCUT2D eigenvalue weighted by molar-refractivity contribution is 0.412. The van der Waals surface area contributed by atoms with Crippen LogP contribution in [0.25, 0.3) is 0 Å². The highest BCUT2D eigenvalue weighted by Crippen LogP contribution is 2.37. The molecule has 2 aromatic carbocycles. The number of rotatable bonds is 3. The molecule has 0 radical (unpaired) electrons. The number of alkyl halides is 1. The molecule has 1 atom stereocenters. The molecule has 0 N–H and O–H groups in total. The largest absolute Gasteiger partial charge is 0.496 e.